The van der Waals surface area contributed by atoms with Gasteiger partial charge in [-0.1, -0.05) is 0 Å². The van der Waals surface area contributed by atoms with E-state index >= 15 is 0 Å². The van der Waals surface area contributed by atoms with E-state index in [-0.39, 0.29) is 0 Å². The normalized spacial score (nSPS) is 18.8. The van der Waals surface area contributed by atoms with Crippen molar-refractivity contribution in [2.24, 2.45) is 0 Å². The summed E-state index contributed by atoms with van der Waals surface area (Å²) in [5.74, 6) is 2.01. The molecule has 0 spiro atoms. The number of fused-ring (bicyclic) bond motifs is 1. The molecular formula is C21H27N7O3S2. The smallest absolute Gasteiger partial charge is 0.211 e. The predicted molar refractivity (Wildman–Crippen MR) is 130 cm³/mol. The average molecular weight is 490 g/mol. The number of hydrogen-bond donors (Lipinski definition) is 1. The van der Waals surface area contributed by atoms with Gasteiger partial charge in [0.1, 0.15) is 16.5 Å². The highest BCUT2D eigenvalue weighted by molar-refractivity contribution is 7.88. The summed E-state index contributed by atoms with van der Waals surface area (Å²) in [6, 6.07) is 5.83. The van der Waals surface area contributed by atoms with Crippen molar-refractivity contribution in [2.75, 3.05) is 69.4 Å². The van der Waals surface area contributed by atoms with E-state index in [1.165, 1.54) is 11.1 Å². The number of sulfonamides is 1. The molecule has 2 fully saturated rings. The number of thiophene rings is 1. The number of nitrogen functional groups attached to an aromatic ring is 1. The Morgan fingerprint density at radius 3 is 2.52 bits per heavy atom. The van der Waals surface area contributed by atoms with Crippen LogP contribution < -0.4 is 10.6 Å². The Bertz CT molecular complexity index is 1230. The van der Waals surface area contributed by atoms with Gasteiger partial charge in [-0.3, -0.25) is 4.90 Å². The maximum absolute atomic E-state index is 11.8. The van der Waals surface area contributed by atoms with E-state index in [2.05, 4.69) is 20.9 Å². The first kappa shape index (κ1) is 22.4. The molecule has 0 unspecified atom stereocenters. The second kappa shape index (κ2) is 9.11. The van der Waals surface area contributed by atoms with Crippen molar-refractivity contribution in [1.29, 1.82) is 0 Å². The molecule has 0 amide bonds. The molecule has 0 aliphatic carbocycles. The summed E-state index contributed by atoms with van der Waals surface area (Å²) in [7, 11) is -3.13. The van der Waals surface area contributed by atoms with Crippen LogP contribution in [0.4, 0.5) is 11.6 Å². The second-order valence-corrected chi connectivity index (χ2v) is 11.4. The summed E-state index contributed by atoms with van der Waals surface area (Å²) in [5, 5.41) is 1.04. The topological polar surface area (TPSA) is 118 Å². The Labute approximate surface area is 197 Å². The fraction of sp³-hybridized carbons (Fsp3) is 0.476. The van der Waals surface area contributed by atoms with Gasteiger partial charge < -0.3 is 15.4 Å². The summed E-state index contributed by atoms with van der Waals surface area (Å²) >= 11 is 1.66. The molecule has 5 rings (SSSR count). The number of aromatic nitrogens is 3. The first-order chi connectivity index (χ1) is 15.9. The van der Waals surface area contributed by atoms with E-state index in [0.717, 1.165) is 41.2 Å². The lowest BCUT2D eigenvalue weighted by molar-refractivity contribution is 0.122. The molecule has 33 heavy (non-hydrogen) atoms. The van der Waals surface area contributed by atoms with E-state index in [4.69, 9.17) is 20.4 Å². The molecular weight excluding hydrogens is 462 g/mol. The third-order valence-electron chi connectivity index (χ3n) is 5.96. The fourth-order valence-corrected chi connectivity index (χ4v) is 6.05. The van der Waals surface area contributed by atoms with Crippen LogP contribution in [0.3, 0.4) is 0 Å². The zero-order chi connectivity index (χ0) is 23.0. The highest BCUT2D eigenvalue weighted by Crippen LogP contribution is 2.34. The molecule has 12 heteroatoms. The molecule has 3 aromatic heterocycles. The predicted octanol–water partition coefficient (Wildman–Crippen LogP) is 1.25. The number of ether oxygens (including phenoxy) is 1. The van der Waals surface area contributed by atoms with Gasteiger partial charge in [0.15, 0.2) is 5.82 Å². The highest BCUT2D eigenvalue weighted by Gasteiger charge is 2.25. The first-order valence-corrected chi connectivity index (χ1v) is 13.6. The third-order valence-corrected chi connectivity index (χ3v) is 8.28. The van der Waals surface area contributed by atoms with Crippen molar-refractivity contribution in [3.63, 3.8) is 0 Å². The lowest BCUT2D eigenvalue weighted by Gasteiger charge is -2.32. The van der Waals surface area contributed by atoms with Crippen LogP contribution in [-0.2, 0) is 21.3 Å². The van der Waals surface area contributed by atoms with Gasteiger partial charge in [0.05, 0.1) is 24.9 Å². The van der Waals surface area contributed by atoms with E-state index in [0.29, 0.717) is 51.0 Å². The van der Waals surface area contributed by atoms with Crippen LogP contribution in [0.15, 0.2) is 24.4 Å². The molecule has 0 saturated carbocycles. The fourth-order valence-electron chi connectivity index (χ4n) is 4.16. The first-order valence-electron chi connectivity index (χ1n) is 10.9. The Balaban J connectivity index is 1.45. The molecule has 2 aliphatic rings. The molecule has 2 saturated heterocycles. The minimum absolute atomic E-state index is 0.461. The Hall–Kier alpha value is -2.38. The maximum Gasteiger partial charge on any atom is 0.211 e. The molecule has 5 heterocycles. The van der Waals surface area contributed by atoms with Crippen molar-refractivity contribution >= 4 is 43.2 Å². The summed E-state index contributed by atoms with van der Waals surface area (Å²) < 4.78 is 30.7. The molecule has 3 aromatic rings. The van der Waals surface area contributed by atoms with Gasteiger partial charge in [-0.25, -0.2) is 23.4 Å². The van der Waals surface area contributed by atoms with Crippen LogP contribution >= 0.6 is 11.3 Å². The number of rotatable bonds is 5. The van der Waals surface area contributed by atoms with Gasteiger partial charge >= 0.3 is 0 Å². The van der Waals surface area contributed by atoms with Crippen molar-refractivity contribution in [3.8, 4) is 11.4 Å². The number of nitrogens with zero attached hydrogens (tertiary/aromatic N) is 6. The third kappa shape index (κ3) is 4.94. The summed E-state index contributed by atoms with van der Waals surface area (Å²) in [4.78, 5) is 20.6. The number of pyridine rings is 1. The van der Waals surface area contributed by atoms with Crippen molar-refractivity contribution < 1.29 is 13.2 Å². The second-order valence-electron chi connectivity index (χ2n) is 8.31. The summed E-state index contributed by atoms with van der Waals surface area (Å²) in [6.45, 7) is 6.15. The Morgan fingerprint density at radius 1 is 1.09 bits per heavy atom. The van der Waals surface area contributed by atoms with E-state index in [9.17, 15) is 8.42 Å². The molecule has 10 nitrogen and oxygen atoms in total. The number of piperazine rings is 1. The lowest BCUT2D eigenvalue weighted by Crippen LogP contribution is -2.47. The minimum atomic E-state index is -3.13. The van der Waals surface area contributed by atoms with E-state index in [1.807, 2.05) is 6.07 Å². The zero-order valence-corrected chi connectivity index (χ0v) is 20.1. The number of morpholine rings is 1. The van der Waals surface area contributed by atoms with Crippen molar-refractivity contribution in [3.05, 3.63) is 29.3 Å². The lowest BCUT2D eigenvalue weighted by atomic mass is 10.2. The van der Waals surface area contributed by atoms with Gasteiger partial charge in [-0.05, 0) is 18.2 Å². The number of nitrogens with two attached hydrogens (primary N) is 1. The minimum Gasteiger partial charge on any atom is -0.384 e. The van der Waals surface area contributed by atoms with Gasteiger partial charge in [0.2, 0.25) is 10.0 Å². The molecule has 0 bridgehead atoms. The van der Waals surface area contributed by atoms with E-state index < -0.39 is 10.0 Å². The molecule has 0 aromatic carbocycles. The molecule has 2 N–H and O–H groups in total. The zero-order valence-electron chi connectivity index (χ0n) is 18.5. The molecule has 2 aliphatic heterocycles. The van der Waals surface area contributed by atoms with Crippen LogP contribution in [0.1, 0.15) is 4.88 Å². The van der Waals surface area contributed by atoms with Gasteiger partial charge in [0.25, 0.3) is 0 Å². The quantitative estimate of drug-likeness (QED) is 0.565. The largest absolute Gasteiger partial charge is 0.384 e. The molecule has 0 radical (unpaired) electrons. The maximum atomic E-state index is 11.8. The monoisotopic (exact) mass is 489 g/mol. The highest BCUT2D eigenvalue weighted by atomic mass is 32.2. The number of hydrogen-bond acceptors (Lipinski definition) is 10. The van der Waals surface area contributed by atoms with Gasteiger partial charge in [-0.15, -0.1) is 11.3 Å². The van der Waals surface area contributed by atoms with Crippen LogP contribution in [0, 0.1) is 0 Å². The Kier molecular flexibility index (Phi) is 6.18. The average Bonchev–Trinajstić information content (AvgIpc) is 3.21. The molecule has 0 atom stereocenters. The Morgan fingerprint density at radius 2 is 1.85 bits per heavy atom. The van der Waals surface area contributed by atoms with Crippen LogP contribution in [0.5, 0.6) is 0 Å². The van der Waals surface area contributed by atoms with Crippen molar-refractivity contribution in [2.45, 2.75) is 6.54 Å². The standard InChI is InChI=1S/C21H27N7O3S2/c1-33(29,30)28-6-4-26(5-7-28)14-16-12-17-20(27-8-10-31-11-9-27)24-19(25-21(17)32-16)15-2-3-18(22)23-13-15/h2-3,12-13H,4-11,14H2,1H3,(H2,22,23). The van der Waals surface area contributed by atoms with Crippen molar-refractivity contribution in [1.82, 2.24) is 24.2 Å². The van der Waals surface area contributed by atoms with Gasteiger partial charge in [-0.2, -0.15) is 4.31 Å². The summed E-state index contributed by atoms with van der Waals surface area (Å²) in [5.41, 5.74) is 6.58. The van der Waals surface area contributed by atoms with Crippen LogP contribution in [0.2, 0.25) is 0 Å². The number of anilines is 2. The van der Waals surface area contributed by atoms with Gasteiger partial charge in [0, 0.05) is 62.5 Å². The summed E-state index contributed by atoms with van der Waals surface area (Å²) in [6.07, 6.45) is 2.98. The van der Waals surface area contributed by atoms with Crippen LogP contribution in [-0.4, -0.2) is 91.3 Å². The van der Waals surface area contributed by atoms with Crippen LogP contribution in [0.25, 0.3) is 21.6 Å². The molecule has 176 valence electrons. The SMILES string of the molecule is CS(=O)(=O)N1CCN(Cc2cc3c(N4CCOCC4)nc(-c4ccc(N)nc4)nc3s2)CC1. The van der Waals surface area contributed by atoms with E-state index in [1.54, 1.807) is 27.9 Å².